The lowest BCUT2D eigenvalue weighted by atomic mass is 9.87. The third-order valence-electron chi connectivity index (χ3n) is 4.92. The smallest absolute Gasteiger partial charge is 0.229 e. The Balaban J connectivity index is 1.84. The van der Waals surface area contributed by atoms with Gasteiger partial charge in [0, 0.05) is 10.4 Å². The van der Waals surface area contributed by atoms with Crippen molar-refractivity contribution < 1.29 is 4.74 Å². The zero-order valence-corrected chi connectivity index (χ0v) is 16.1. The van der Waals surface area contributed by atoms with Crippen LogP contribution >= 0.6 is 11.3 Å². The number of ether oxygens (including phenoxy) is 1. The fourth-order valence-corrected chi connectivity index (χ4v) is 4.48. The van der Waals surface area contributed by atoms with Gasteiger partial charge in [-0.15, -0.1) is 11.3 Å². The number of nitrogens with two attached hydrogens (primary N) is 1. The summed E-state index contributed by atoms with van der Waals surface area (Å²) >= 11 is 1.59. The molecule has 5 rings (SSSR count). The summed E-state index contributed by atoms with van der Waals surface area (Å²) in [4.78, 5) is 1.03. The number of para-hydroxylation sites is 1. The summed E-state index contributed by atoms with van der Waals surface area (Å²) in [5, 5.41) is 16.8. The van der Waals surface area contributed by atoms with Crippen LogP contribution < -0.4 is 10.5 Å². The standard InChI is InChI=1S/C23H16N4OS/c24-14-17-19(18-12-7-13-29-18)20-21(15-8-3-1-4-9-15)26-27(23(20)28-22(17)25)16-10-5-2-6-11-16/h1-13,19H,25H2. The molecule has 0 aliphatic carbocycles. The first kappa shape index (κ1) is 17.3. The van der Waals surface area contributed by atoms with E-state index in [0.29, 0.717) is 11.5 Å². The summed E-state index contributed by atoms with van der Waals surface area (Å²) < 4.78 is 7.75. The highest BCUT2D eigenvalue weighted by Gasteiger charge is 2.38. The van der Waals surface area contributed by atoms with Gasteiger partial charge in [0.15, 0.2) is 0 Å². The lowest BCUT2D eigenvalue weighted by Gasteiger charge is -2.24. The number of allylic oxidation sites excluding steroid dienone is 1. The molecule has 1 aliphatic heterocycles. The van der Waals surface area contributed by atoms with E-state index in [0.717, 1.165) is 27.4 Å². The van der Waals surface area contributed by atoms with Crippen LogP contribution in [0, 0.1) is 11.3 Å². The van der Waals surface area contributed by atoms with Crippen molar-refractivity contribution in [2.75, 3.05) is 0 Å². The van der Waals surface area contributed by atoms with Crippen molar-refractivity contribution in [3.8, 4) is 28.9 Å². The highest BCUT2D eigenvalue weighted by molar-refractivity contribution is 7.10. The van der Waals surface area contributed by atoms with Gasteiger partial charge in [-0.1, -0.05) is 54.6 Å². The monoisotopic (exact) mass is 396 g/mol. The Kier molecular flexibility index (Phi) is 4.15. The van der Waals surface area contributed by atoms with Crippen molar-refractivity contribution in [2.45, 2.75) is 5.92 Å². The third-order valence-corrected chi connectivity index (χ3v) is 5.86. The summed E-state index contributed by atoms with van der Waals surface area (Å²) in [5.41, 5.74) is 10.1. The molecule has 1 unspecified atom stereocenters. The maximum absolute atomic E-state index is 9.85. The summed E-state index contributed by atoms with van der Waals surface area (Å²) in [6.45, 7) is 0. The Bertz CT molecular complexity index is 1240. The molecule has 140 valence electrons. The SMILES string of the molecule is N#CC1=C(N)Oc2c(c(-c3ccccc3)nn2-c2ccccc2)C1c1cccs1. The third kappa shape index (κ3) is 2.80. The molecule has 0 spiro atoms. The summed E-state index contributed by atoms with van der Waals surface area (Å²) in [6.07, 6.45) is 0. The fraction of sp³-hybridized carbons (Fsp3) is 0.0435. The Morgan fingerprint density at radius 3 is 2.38 bits per heavy atom. The number of hydrogen-bond acceptors (Lipinski definition) is 5. The molecule has 0 amide bonds. The summed E-state index contributed by atoms with van der Waals surface area (Å²) in [5.74, 6) is 0.344. The highest BCUT2D eigenvalue weighted by Crippen LogP contribution is 2.48. The van der Waals surface area contributed by atoms with Gasteiger partial charge in [-0.25, -0.2) is 0 Å². The number of aromatic nitrogens is 2. The molecule has 3 heterocycles. The van der Waals surface area contributed by atoms with E-state index in [9.17, 15) is 5.26 Å². The van der Waals surface area contributed by atoms with E-state index in [2.05, 4.69) is 6.07 Å². The molecule has 5 nitrogen and oxygen atoms in total. The fourth-order valence-electron chi connectivity index (χ4n) is 3.63. The first-order valence-electron chi connectivity index (χ1n) is 9.12. The normalized spacial score (nSPS) is 15.5. The Morgan fingerprint density at radius 2 is 1.72 bits per heavy atom. The lowest BCUT2D eigenvalue weighted by molar-refractivity contribution is 0.367. The Hall–Kier alpha value is -3.82. The molecule has 0 fully saturated rings. The van der Waals surface area contributed by atoms with E-state index in [4.69, 9.17) is 15.6 Å². The minimum atomic E-state index is -0.323. The summed E-state index contributed by atoms with van der Waals surface area (Å²) in [6, 6.07) is 26.0. The van der Waals surface area contributed by atoms with Gasteiger partial charge in [0.25, 0.3) is 0 Å². The molecule has 2 aromatic heterocycles. The molecule has 0 saturated carbocycles. The minimum Gasteiger partial charge on any atom is -0.422 e. The van der Waals surface area contributed by atoms with Crippen molar-refractivity contribution >= 4 is 11.3 Å². The molecule has 1 atom stereocenters. The predicted molar refractivity (Wildman–Crippen MR) is 113 cm³/mol. The summed E-state index contributed by atoms with van der Waals surface area (Å²) in [7, 11) is 0. The molecule has 6 heteroatoms. The van der Waals surface area contributed by atoms with Crippen molar-refractivity contribution in [3.63, 3.8) is 0 Å². The van der Waals surface area contributed by atoms with Crippen LogP contribution in [-0.2, 0) is 0 Å². The molecule has 1 aliphatic rings. The minimum absolute atomic E-state index is 0.120. The van der Waals surface area contributed by atoms with Crippen LogP contribution in [0.2, 0.25) is 0 Å². The van der Waals surface area contributed by atoms with Crippen molar-refractivity contribution in [3.05, 3.63) is 100 Å². The van der Waals surface area contributed by atoms with Gasteiger partial charge in [0.2, 0.25) is 11.8 Å². The zero-order chi connectivity index (χ0) is 19.8. The van der Waals surface area contributed by atoms with Gasteiger partial charge in [0.05, 0.1) is 17.2 Å². The maximum atomic E-state index is 9.85. The number of nitrogens with zero attached hydrogens (tertiary/aromatic N) is 3. The van der Waals surface area contributed by atoms with Gasteiger partial charge in [-0.05, 0) is 23.6 Å². The average Bonchev–Trinajstić information content (AvgIpc) is 3.42. The number of fused-ring (bicyclic) bond motifs is 1. The van der Waals surface area contributed by atoms with E-state index < -0.39 is 0 Å². The topological polar surface area (TPSA) is 76.9 Å². The molecule has 2 N–H and O–H groups in total. The molecular formula is C23H16N4OS. The largest absolute Gasteiger partial charge is 0.422 e. The second-order valence-electron chi connectivity index (χ2n) is 6.62. The van der Waals surface area contributed by atoms with Crippen LogP contribution in [0.3, 0.4) is 0 Å². The van der Waals surface area contributed by atoms with Crippen molar-refractivity contribution in [1.29, 1.82) is 5.26 Å². The molecule has 0 radical (unpaired) electrons. The number of rotatable bonds is 3. The van der Waals surface area contributed by atoms with Crippen LogP contribution in [-0.4, -0.2) is 9.78 Å². The predicted octanol–water partition coefficient (Wildman–Crippen LogP) is 4.82. The maximum Gasteiger partial charge on any atom is 0.229 e. The van der Waals surface area contributed by atoms with Crippen molar-refractivity contribution in [1.82, 2.24) is 9.78 Å². The first-order valence-corrected chi connectivity index (χ1v) is 10.0. The van der Waals surface area contributed by atoms with E-state index in [1.807, 2.05) is 78.2 Å². The van der Waals surface area contributed by atoms with Gasteiger partial charge in [-0.3, -0.25) is 0 Å². The van der Waals surface area contributed by atoms with Gasteiger partial charge in [0.1, 0.15) is 17.3 Å². The number of hydrogen-bond donors (Lipinski definition) is 1. The number of benzene rings is 2. The molecule has 2 aromatic carbocycles. The van der Waals surface area contributed by atoms with Crippen LogP contribution in [0.25, 0.3) is 16.9 Å². The van der Waals surface area contributed by atoms with Crippen LogP contribution in [0.1, 0.15) is 16.4 Å². The van der Waals surface area contributed by atoms with Crippen LogP contribution in [0.4, 0.5) is 0 Å². The van der Waals surface area contributed by atoms with E-state index in [-0.39, 0.29) is 11.8 Å². The molecule has 4 aromatic rings. The number of nitriles is 1. The van der Waals surface area contributed by atoms with E-state index >= 15 is 0 Å². The van der Waals surface area contributed by atoms with E-state index in [1.165, 1.54) is 0 Å². The van der Waals surface area contributed by atoms with E-state index in [1.54, 1.807) is 16.0 Å². The van der Waals surface area contributed by atoms with Crippen LogP contribution in [0.5, 0.6) is 5.88 Å². The Morgan fingerprint density at radius 1 is 1.00 bits per heavy atom. The van der Waals surface area contributed by atoms with Gasteiger partial charge < -0.3 is 10.5 Å². The molecule has 29 heavy (non-hydrogen) atoms. The average molecular weight is 396 g/mol. The second-order valence-corrected chi connectivity index (χ2v) is 7.60. The quantitative estimate of drug-likeness (QED) is 0.539. The van der Waals surface area contributed by atoms with Crippen molar-refractivity contribution in [2.24, 2.45) is 5.73 Å². The number of thiophene rings is 1. The molecular weight excluding hydrogens is 380 g/mol. The van der Waals surface area contributed by atoms with Gasteiger partial charge >= 0.3 is 0 Å². The highest BCUT2D eigenvalue weighted by atomic mass is 32.1. The lowest BCUT2D eigenvalue weighted by Crippen LogP contribution is -2.21. The van der Waals surface area contributed by atoms with Crippen LogP contribution in [0.15, 0.2) is 89.6 Å². The second kappa shape index (κ2) is 6.97. The molecule has 0 bridgehead atoms. The van der Waals surface area contributed by atoms with Gasteiger partial charge in [-0.2, -0.15) is 15.0 Å². The zero-order valence-electron chi connectivity index (χ0n) is 15.3. The molecule has 0 saturated heterocycles. The first-order chi connectivity index (χ1) is 14.3. The Labute approximate surface area is 171 Å².